The number of amides is 1. The third-order valence-electron chi connectivity index (χ3n) is 5.23. The Balaban J connectivity index is 1.84. The van der Waals surface area contributed by atoms with Crippen molar-refractivity contribution >= 4 is 34.4 Å². The van der Waals surface area contributed by atoms with Gasteiger partial charge in [-0.05, 0) is 54.8 Å². The van der Waals surface area contributed by atoms with Crippen LogP contribution in [0.5, 0.6) is 5.75 Å². The van der Waals surface area contributed by atoms with E-state index in [0.29, 0.717) is 18.0 Å². The van der Waals surface area contributed by atoms with Crippen LogP contribution in [0.3, 0.4) is 0 Å². The predicted molar refractivity (Wildman–Crippen MR) is 110 cm³/mol. The van der Waals surface area contributed by atoms with Gasteiger partial charge in [-0.2, -0.15) is 0 Å². The summed E-state index contributed by atoms with van der Waals surface area (Å²) < 4.78 is 10.2. The second kappa shape index (κ2) is 7.79. The van der Waals surface area contributed by atoms with E-state index < -0.39 is 17.9 Å². The average molecular weight is 413 g/mol. The third-order valence-corrected chi connectivity index (χ3v) is 5.47. The molecule has 29 heavy (non-hydrogen) atoms. The lowest BCUT2D eigenvalue weighted by molar-refractivity contribution is -0.161. The largest absolute Gasteiger partial charge is 0.497 e. The minimum atomic E-state index is -0.839. The summed E-state index contributed by atoms with van der Waals surface area (Å²) in [5.41, 5.74) is 3.82. The highest BCUT2D eigenvalue weighted by atomic mass is 35.5. The van der Waals surface area contributed by atoms with Crippen LogP contribution in [0.2, 0.25) is 5.02 Å². The van der Waals surface area contributed by atoms with Crippen molar-refractivity contribution in [1.29, 1.82) is 0 Å². The Morgan fingerprint density at radius 2 is 1.97 bits per heavy atom. The van der Waals surface area contributed by atoms with Crippen LogP contribution in [0.1, 0.15) is 29.8 Å². The first kappa shape index (κ1) is 19.3. The average Bonchev–Trinajstić information content (AvgIpc) is 3.10. The summed E-state index contributed by atoms with van der Waals surface area (Å²) in [6.07, 6.45) is 0.619. The van der Waals surface area contributed by atoms with E-state index in [-0.39, 0.29) is 6.61 Å². The predicted octanol–water partition coefficient (Wildman–Crippen LogP) is 3.87. The van der Waals surface area contributed by atoms with Crippen LogP contribution in [-0.4, -0.2) is 42.0 Å². The first-order valence-corrected chi connectivity index (χ1v) is 9.83. The molecule has 1 aromatic heterocycles. The van der Waals surface area contributed by atoms with E-state index in [9.17, 15) is 9.59 Å². The van der Waals surface area contributed by atoms with Crippen molar-refractivity contribution in [3.8, 4) is 5.75 Å². The minimum Gasteiger partial charge on any atom is -0.497 e. The first-order chi connectivity index (χ1) is 14.0. The molecule has 6 nitrogen and oxygen atoms in total. The normalized spacial score (nSPS) is 15.8. The molecule has 2 aromatic carbocycles. The number of methoxy groups -OCH3 is 1. The Bertz CT molecular complexity index is 1070. The highest BCUT2D eigenvalue weighted by Crippen LogP contribution is 2.39. The number of nitrogens with zero attached hydrogens (tertiary/aromatic N) is 1. The van der Waals surface area contributed by atoms with Gasteiger partial charge in [0, 0.05) is 28.2 Å². The standard InChI is InChI=1S/C22H21ClN2O4/c1-3-29-22(27)21(26)25-11-10-16-17-12-14(23)6-9-18(17)24-19(16)20(25)13-4-7-15(28-2)8-5-13/h4-9,12,20,24H,3,10-11H2,1-2H3/t20-/m0/s1. The van der Waals surface area contributed by atoms with Crippen molar-refractivity contribution in [3.63, 3.8) is 0 Å². The van der Waals surface area contributed by atoms with Gasteiger partial charge in [0.1, 0.15) is 5.75 Å². The number of rotatable bonds is 3. The van der Waals surface area contributed by atoms with Crippen molar-refractivity contribution in [3.05, 3.63) is 64.3 Å². The van der Waals surface area contributed by atoms with Crippen LogP contribution in [0.4, 0.5) is 0 Å². The number of nitrogens with one attached hydrogen (secondary N) is 1. The van der Waals surface area contributed by atoms with Gasteiger partial charge in [-0.1, -0.05) is 23.7 Å². The fourth-order valence-electron chi connectivity index (χ4n) is 3.92. The van der Waals surface area contributed by atoms with E-state index in [2.05, 4.69) is 4.98 Å². The fraction of sp³-hybridized carbons (Fsp3) is 0.273. The monoisotopic (exact) mass is 412 g/mol. The van der Waals surface area contributed by atoms with Crippen molar-refractivity contribution in [1.82, 2.24) is 9.88 Å². The van der Waals surface area contributed by atoms with E-state index >= 15 is 0 Å². The lowest BCUT2D eigenvalue weighted by Crippen LogP contribution is -2.44. The summed E-state index contributed by atoms with van der Waals surface area (Å²) in [6.45, 7) is 2.24. The molecule has 7 heteroatoms. The maximum absolute atomic E-state index is 12.9. The molecular formula is C22H21ClN2O4. The molecular weight excluding hydrogens is 392 g/mol. The molecule has 150 valence electrons. The number of hydrogen-bond donors (Lipinski definition) is 1. The molecule has 0 fully saturated rings. The number of benzene rings is 2. The first-order valence-electron chi connectivity index (χ1n) is 9.45. The number of aromatic nitrogens is 1. The topological polar surface area (TPSA) is 71.6 Å². The van der Waals surface area contributed by atoms with Crippen LogP contribution in [0.15, 0.2) is 42.5 Å². The van der Waals surface area contributed by atoms with E-state index in [1.807, 2.05) is 42.5 Å². The zero-order valence-corrected chi connectivity index (χ0v) is 17.0. The van der Waals surface area contributed by atoms with Crippen LogP contribution in [0.25, 0.3) is 10.9 Å². The summed E-state index contributed by atoms with van der Waals surface area (Å²) >= 11 is 6.21. The number of ether oxygens (including phenoxy) is 2. The summed E-state index contributed by atoms with van der Waals surface area (Å²) in [5, 5.41) is 1.69. The second-order valence-electron chi connectivity index (χ2n) is 6.85. The van der Waals surface area contributed by atoms with Gasteiger partial charge in [-0.15, -0.1) is 0 Å². The van der Waals surface area contributed by atoms with Gasteiger partial charge in [0.05, 0.1) is 19.8 Å². The Hall–Kier alpha value is -2.99. The molecule has 1 atom stereocenters. The summed E-state index contributed by atoms with van der Waals surface area (Å²) in [7, 11) is 1.60. The highest BCUT2D eigenvalue weighted by molar-refractivity contribution is 6.32. The molecule has 0 spiro atoms. The number of esters is 1. The Labute approximate surface area is 173 Å². The summed E-state index contributed by atoms with van der Waals surface area (Å²) in [6, 6.07) is 12.7. The molecule has 0 bridgehead atoms. The number of carbonyl (C=O) groups is 2. The van der Waals surface area contributed by atoms with Crippen LogP contribution in [-0.2, 0) is 20.7 Å². The number of H-pyrrole nitrogens is 1. The molecule has 1 amide bonds. The number of carbonyl (C=O) groups excluding carboxylic acids is 2. The number of aromatic amines is 1. The quantitative estimate of drug-likeness (QED) is 0.523. The van der Waals surface area contributed by atoms with Gasteiger partial charge in [0.2, 0.25) is 0 Å². The zero-order chi connectivity index (χ0) is 20.5. The van der Waals surface area contributed by atoms with E-state index in [1.54, 1.807) is 18.9 Å². The molecule has 1 aliphatic rings. The highest BCUT2D eigenvalue weighted by Gasteiger charge is 2.37. The summed E-state index contributed by atoms with van der Waals surface area (Å²) in [4.78, 5) is 30.1. The molecule has 3 aromatic rings. The Morgan fingerprint density at radius 3 is 2.66 bits per heavy atom. The minimum absolute atomic E-state index is 0.155. The Morgan fingerprint density at radius 1 is 1.21 bits per heavy atom. The molecule has 2 heterocycles. The lowest BCUT2D eigenvalue weighted by Gasteiger charge is -2.35. The van der Waals surface area contributed by atoms with Crippen molar-refractivity contribution in [2.45, 2.75) is 19.4 Å². The SMILES string of the molecule is CCOC(=O)C(=O)N1CCc2c([nH]c3ccc(Cl)cc23)[C@@H]1c1ccc(OC)cc1. The molecule has 1 N–H and O–H groups in total. The van der Waals surface area contributed by atoms with Gasteiger partial charge >= 0.3 is 11.9 Å². The zero-order valence-electron chi connectivity index (χ0n) is 16.2. The van der Waals surface area contributed by atoms with Crippen LogP contribution < -0.4 is 4.74 Å². The van der Waals surface area contributed by atoms with E-state index in [1.165, 1.54) is 0 Å². The van der Waals surface area contributed by atoms with Crippen molar-refractivity contribution < 1.29 is 19.1 Å². The maximum atomic E-state index is 12.9. The number of fused-ring (bicyclic) bond motifs is 3. The Kier molecular flexibility index (Phi) is 5.20. The lowest BCUT2D eigenvalue weighted by atomic mass is 9.92. The summed E-state index contributed by atoms with van der Waals surface area (Å²) in [5.74, 6) is -0.764. The smallest absolute Gasteiger partial charge is 0.397 e. The van der Waals surface area contributed by atoms with Gasteiger partial charge in [0.25, 0.3) is 0 Å². The number of hydrogen-bond acceptors (Lipinski definition) is 4. The van der Waals surface area contributed by atoms with Gasteiger partial charge in [-0.3, -0.25) is 4.79 Å². The van der Waals surface area contributed by atoms with Gasteiger partial charge in [0.15, 0.2) is 0 Å². The van der Waals surface area contributed by atoms with Gasteiger partial charge in [-0.25, -0.2) is 4.79 Å². The molecule has 0 saturated carbocycles. The van der Waals surface area contributed by atoms with Gasteiger partial charge < -0.3 is 19.4 Å². The molecule has 0 saturated heterocycles. The second-order valence-corrected chi connectivity index (χ2v) is 7.29. The van der Waals surface area contributed by atoms with E-state index in [4.69, 9.17) is 21.1 Å². The fourth-order valence-corrected chi connectivity index (χ4v) is 4.09. The van der Waals surface area contributed by atoms with E-state index in [0.717, 1.165) is 33.5 Å². The molecule has 4 rings (SSSR count). The third kappa shape index (κ3) is 3.44. The molecule has 1 aliphatic heterocycles. The van der Waals surface area contributed by atoms with Crippen molar-refractivity contribution in [2.75, 3.05) is 20.3 Å². The van der Waals surface area contributed by atoms with Crippen LogP contribution >= 0.6 is 11.6 Å². The maximum Gasteiger partial charge on any atom is 0.397 e. The number of halogens is 1. The van der Waals surface area contributed by atoms with Crippen molar-refractivity contribution in [2.24, 2.45) is 0 Å². The molecule has 0 unspecified atom stereocenters. The molecule has 0 radical (unpaired) electrons. The van der Waals surface area contributed by atoms with Crippen LogP contribution in [0, 0.1) is 0 Å². The molecule has 0 aliphatic carbocycles.